The predicted molar refractivity (Wildman–Crippen MR) is 74.0 cm³/mol. The molecular formula is C15H20N2O3. The monoisotopic (exact) mass is 276 g/mol. The lowest BCUT2D eigenvalue weighted by Gasteiger charge is -2.36. The highest BCUT2D eigenvalue weighted by molar-refractivity contribution is 5.93. The van der Waals surface area contributed by atoms with Crippen LogP contribution in [0.2, 0.25) is 0 Å². The molecule has 1 saturated heterocycles. The lowest BCUT2D eigenvalue weighted by molar-refractivity contribution is -0.136. The van der Waals surface area contributed by atoms with Crippen molar-refractivity contribution in [1.29, 1.82) is 0 Å². The summed E-state index contributed by atoms with van der Waals surface area (Å²) in [5.41, 5.74) is 1.88. The van der Waals surface area contributed by atoms with Crippen LogP contribution in [0.5, 0.6) is 0 Å². The molecule has 1 aromatic heterocycles. The molecule has 0 aromatic carbocycles. The minimum atomic E-state index is -0.0147. The number of nitrogens with zero attached hydrogens (tertiary/aromatic N) is 2. The minimum Gasteiger partial charge on any atom is -0.501 e. The summed E-state index contributed by atoms with van der Waals surface area (Å²) in [6.07, 6.45) is 5.34. The van der Waals surface area contributed by atoms with Crippen LogP contribution < -0.4 is 0 Å². The third kappa shape index (κ3) is 2.45. The average Bonchev–Trinajstić information content (AvgIpc) is 2.93. The van der Waals surface area contributed by atoms with Gasteiger partial charge in [0.15, 0.2) is 0 Å². The van der Waals surface area contributed by atoms with Gasteiger partial charge in [-0.1, -0.05) is 0 Å². The van der Waals surface area contributed by atoms with Crippen LogP contribution in [-0.4, -0.2) is 41.7 Å². The van der Waals surface area contributed by atoms with Crippen molar-refractivity contribution in [3.63, 3.8) is 0 Å². The summed E-state index contributed by atoms with van der Waals surface area (Å²) < 4.78 is 12.9. The number of ether oxygens (including phenoxy) is 2. The van der Waals surface area contributed by atoms with Crippen LogP contribution in [0.25, 0.3) is 0 Å². The molecule has 1 fully saturated rings. The second-order valence-electron chi connectivity index (χ2n) is 5.25. The Morgan fingerprint density at radius 2 is 2.30 bits per heavy atom. The van der Waals surface area contributed by atoms with E-state index in [0.717, 1.165) is 24.1 Å². The Balaban J connectivity index is 1.83. The Kier molecular flexibility index (Phi) is 3.78. The molecule has 0 saturated carbocycles. The Hall–Kier alpha value is -1.75. The lowest BCUT2D eigenvalue weighted by atomic mass is 10.1. The van der Waals surface area contributed by atoms with Gasteiger partial charge in [0.25, 0.3) is 5.91 Å². The van der Waals surface area contributed by atoms with E-state index in [1.165, 1.54) is 0 Å². The fraction of sp³-hybridized carbons (Fsp3) is 0.533. The maximum atomic E-state index is 12.7. The zero-order valence-corrected chi connectivity index (χ0v) is 11.7. The maximum absolute atomic E-state index is 12.7. The van der Waals surface area contributed by atoms with Gasteiger partial charge in [-0.3, -0.25) is 4.79 Å². The molecule has 1 atom stereocenters. The highest BCUT2D eigenvalue weighted by Gasteiger charge is 2.32. The molecule has 0 N–H and O–H groups in total. The molecule has 2 aliphatic rings. The zero-order valence-electron chi connectivity index (χ0n) is 11.7. The van der Waals surface area contributed by atoms with Crippen molar-refractivity contribution in [3.8, 4) is 0 Å². The molecule has 2 aliphatic heterocycles. The number of aryl methyl sites for hydroxylation is 1. The third-order valence-corrected chi connectivity index (χ3v) is 3.92. The topological polar surface area (TPSA) is 43.7 Å². The largest absolute Gasteiger partial charge is 0.501 e. The molecule has 5 heteroatoms. The molecule has 0 aliphatic carbocycles. The van der Waals surface area contributed by atoms with Crippen LogP contribution in [0.1, 0.15) is 24.6 Å². The number of morpholine rings is 1. The number of hydrogen-bond acceptors (Lipinski definition) is 3. The first-order valence-electron chi connectivity index (χ1n) is 7.08. The lowest BCUT2D eigenvalue weighted by Crippen LogP contribution is -2.44. The van der Waals surface area contributed by atoms with Gasteiger partial charge in [0.1, 0.15) is 0 Å². The van der Waals surface area contributed by atoms with E-state index in [0.29, 0.717) is 26.4 Å². The third-order valence-electron chi connectivity index (χ3n) is 3.92. The van der Waals surface area contributed by atoms with Gasteiger partial charge >= 0.3 is 0 Å². The van der Waals surface area contributed by atoms with E-state index >= 15 is 0 Å². The molecule has 3 rings (SSSR count). The van der Waals surface area contributed by atoms with E-state index in [4.69, 9.17) is 9.47 Å². The fourth-order valence-electron chi connectivity index (χ4n) is 2.82. The van der Waals surface area contributed by atoms with Crippen molar-refractivity contribution in [2.24, 2.45) is 7.05 Å². The fourth-order valence-corrected chi connectivity index (χ4v) is 2.82. The van der Waals surface area contributed by atoms with E-state index < -0.39 is 0 Å². The van der Waals surface area contributed by atoms with Crippen molar-refractivity contribution in [2.75, 3.05) is 26.4 Å². The summed E-state index contributed by atoms with van der Waals surface area (Å²) in [6, 6.07) is 4.03. The first kappa shape index (κ1) is 13.2. The van der Waals surface area contributed by atoms with Crippen LogP contribution >= 0.6 is 0 Å². The Morgan fingerprint density at radius 1 is 1.40 bits per heavy atom. The minimum absolute atomic E-state index is 0.0147. The quantitative estimate of drug-likeness (QED) is 0.824. The van der Waals surface area contributed by atoms with Crippen molar-refractivity contribution < 1.29 is 14.3 Å². The van der Waals surface area contributed by atoms with Gasteiger partial charge in [-0.15, -0.1) is 0 Å². The molecule has 0 radical (unpaired) electrons. The van der Waals surface area contributed by atoms with Crippen molar-refractivity contribution in [2.45, 2.75) is 18.9 Å². The van der Waals surface area contributed by atoms with Crippen LogP contribution in [0.3, 0.4) is 0 Å². The molecule has 3 heterocycles. The molecule has 0 bridgehead atoms. The maximum Gasteiger partial charge on any atom is 0.253 e. The van der Waals surface area contributed by atoms with Crippen LogP contribution in [-0.2, 0) is 21.3 Å². The summed E-state index contributed by atoms with van der Waals surface area (Å²) in [7, 11) is 2.00. The first-order valence-corrected chi connectivity index (χ1v) is 7.08. The number of carbonyl (C=O) groups is 1. The second kappa shape index (κ2) is 5.71. The summed E-state index contributed by atoms with van der Waals surface area (Å²) in [4.78, 5) is 14.6. The van der Waals surface area contributed by atoms with Gasteiger partial charge in [0, 0.05) is 25.5 Å². The summed E-state index contributed by atoms with van der Waals surface area (Å²) in [5, 5.41) is 0. The highest BCUT2D eigenvalue weighted by atomic mass is 16.5. The summed E-state index contributed by atoms with van der Waals surface area (Å²) in [5.74, 6) is 0.0826. The van der Waals surface area contributed by atoms with E-state index in [2.05, 4.69) is 0 Å². The van der Waals surface area contributed by atoms with Crippen molar-refractivity contribution >= 4 is 5.91 Å². The number of amides is 1. The standard InChI is InChI=1S/C15H20N2O3/c1-16-6-2-5-13(16)14-11-20-9-7-17(14)15(18)12-4-3-8-19-10-12/h2,5-6,10,14H,3-4,7-9,11H2,1H3. The van der Waals surface area contributed by atoms with Gasteiger partial charge in [-0.2, -0.15) is 0 Å². The van der Waals surface area contributed by atoms with Gasteiger partial charge in [0.05, 0.1) is 37.7 Å². The molecular weight excluding hydrogens is 256 g/mol. The smallest absolute Gasteiger partial charge is 0.253 e. The second-order valence-corrected chi connectivity index (χ2v) is 5.25. The zero-order chi connectivity index (χ0) is 13.9. The van der Waals surface area contributed by atoms with Crippen LogP contribution in [0.15, 0.2) is 30.2 Å². The first-order chi connectivity index (χ1) is 9.77. The SMILES string of the molecule is Cn1cccc1C1COCCN1C(=O)C1=COCCC1. The normalized spacial score (nSPS) is 23.1. The highest BCUT2D eigenvalue weighted by Crippen LogP contribution is 2.27. The van der Waals surface area contributed by atoms with Crippen LogP contribution in [0, 0.1) is 0 Å². The van der Waals surface area contributed by atoms with Crippen LogP contribution in [0.4, 0.5) is 0 Å². The van der Waals surface area contributed by atoms with E-state index in [1.54, 1.807) is 6.26 Å². The Labute approximate surface area is 118 Å². The summed E-state index contributed by atoms with van der Waals surface area (Å²) in [6.45, 7) is 2.49. The van der Waals surface area contributed by atoms with Gasteiger partial charge in [0.2, 0.25) is 0 Å². The van der Waals surface area contributed by atoms with E-state index in [9.17, 15) is 4.79 Å². The van der Waals surface area contributed by atoms with Gasteiger partial charge in [-0.05, 0) is 25.0 Å². The van der Waals surface area contributed by atoms with Gasteiger partial charge in [-0.25, -0.2) is 0 Å². The Bertz CT molecular complexity index is 521. The molecule has 1 amide bonds. The molecule has 108 valence electrons. The molecule has 5 nitrogen and oxygen atoms in total. The van der Waals surface area contributed by atoms with Crippen molar-refractivity contribution in [3.05, 3.63) is 35.9 Å². The summed E-state index contributed by atoms with van der Waals surface area (Å²) >= 11 is 0. The number of aromatic nitrogens is 1. The number of hydrogen-bond donors (Lipinski definition) is 0. The average molecular weight is 276 g/mol. The Morgan fingerprint density at radius 3 is 3.00 bits per heavy atom. The van der Waals surface area contributed by atoms with E-state index in [-0.39, 0.29) is 11.9 Å². The molecule has 1 aromatic rings. The number of rotatable bonds is 2. The number of carbonyl (C=O) groups excluding carboxylic acids is 1. The van der Waals surface area contributed by atoms with E-state index in [1.807, 2.05) is 34.8 Å². The predicted octanol–water partition coefficient (Wildman–Crippen LogP) is 1.62. The van der Waals surface area contributed by atoms with Gasteiger partial charge < -0.3 is 18.9 Å². The van der Waals surface area contributed by atoms with Crippen molar-refractivity contribution in [1.82, 2.24) is 9.47 Å². The molecule has 1 unspecified atom stereocenters. The molecule has 20 heavy (non-hydrogen) atoms. The molecule has 0 spiro atoms.